The fourth-order valence-corrected chi connectivity index (χ4v) is 4.03. The monoisotopic (exact) mass is 361 g/mol. The van der Waals surface area contributed by atoms with Gasteiger partial charge >= 0.3 is 0 Å². The van der Waals surface area contributed by atoms with Gasteiger partial charge < -0.3 is 0 Å². The molecule has 5 heteroatoms. The van der Waals surface area contributed by atoms with E-state index in [1.54, 1.807) is 16.7 Å². The molecule has 130 valence electrons. The number of aromatic nitrogens is 2. The van der Waals surface area contributed by atoms with E-state index >= 15 is 0 Å². The molecule has 2 aromatic carbocycles. The van der Waals surface area contributed by atoms with Gasteiger partial charge in [-0.2, -0.15) is 0 Å². The average molecular weight is 361 g/mol. The number of thiazole rings is 1. The van der Waals surface area contributed by atoms with Crippen molar-refractivity contribution in [1.29, 1.82) is 0 Å². The second kappa shape index (κ2) is 7.23. The Morgan fingerprint density at radius 3 is 2.27 bits per heavy atom. The fourth-order valence-electron chi connectivity index (χ4n) is 3.29. The molecule has 0 aliphatic heterocycles. The van der Waals surface area contributed by atoms with Gasteiger partial charge in [0.2, 0.25) is 0 Å². The molecule has 0 bridgehead atoms. The SMILES string of the molecule is CN(Cc1cc(=O)n2ccsc2n1)C(c1ccccc1)c1ccccc1. The highest BCUT2D eigenvalue weighted by molar-refractivity contribution is 7.15. The van der Waals surface area contributed by atoms with Gasteiger partial charge in [-0.3, -0.25) is 14.1 Å². The summed E-state index contributed by atoms with van der Waals surface area (Å²) in [5.41, 5.74) is 3.19. The van der Waals surface area contributed by atoms with Crippen molar-refractivity contribution in [2.45, 2.75) is 12.6 Å². The third kappa shape index (κ3) is 3.31. The van der Waals surface area contributed by atoms with Crippen LogP contribution in [0.1, 0.15) is 22.9 Å². The smallest absolute Gasteiger partial charge is 0.258 e. The first-order valence-electron chi connectivity index (χ1n) is 8.48. The van der Waals surface area contributed by atoms with Crippen LogP contribution in [-0.2, 0) is 6.54 Å². The highest BCUT2D eigenvalue weighted by atomic mass is 32.1. The maximum Gasteiger partial charge on any atom is 0.258 e. The number of rotatable bonds is 5. The molecule has 26 heavy (non-hydrogen) atoms. The molecule has 0 aliphatic rings. The topological polar surface area (TPSA) is 37.6 Å². The van der Waals surface area contributed by atoms with E-state index in [4.69, 9.17) is 0 Å². The second-order valence-electron chi connectivity index (χ2n) is 6.28. The molecule has 2 aromatic heterocycles. The highest BCUT2D eigenvalue weighted by Crippen LogP contribution is 2.28. The van der Waals surface area contributed by atoms with E-state index in [0.29, 0.717) is 6.54 Å². The van der Waals surface area contributed by atoms with Crippen molar-refractivity contribution < 1.29 is 0 Å². The molecule has 0 aliphatic carbocycles. The summed E-state index contributed by atoms with van der Waals surface area (Å²) in [6, 6.07) is 22.6. The number of hydrogen-bond acceptors (Lipinski definition) is 4. The van der Waals surface area contributed by atoms with E-state index in [1.165, 1.54) is 22.5 Å². The normalized spacial score (nSPS) is 11.5. The summed E-state index contributed by atoms with van der Waals surface area (Å²) in [7, 11) is 2.07. The van der Waals surface area contributed by atoms with Gasteiger partial charge in [0, 0.05) is 24.2 Å². The molecular weight excluding hydrogens is 342 g/mol. The molecular formula is C21H19N3OS. The van der Waals surface area contributed by atoms with Crippen LogP contribution in [0.15, 0.2) is 83.1 Å². The van der Waals surface area contributed by atoms with E-state index in [9.17, 15) is 4.79 Å². The number of fused-ring (bicyclic) bond motifs is 1. The summed E-state index contributed by atoms with van der Waals surface area (Å²) < 4.78 is 1.58. The largest absolute Gasteiger partial charge is 0.290 e. The van der Waals surface area contributed by atoms with Gasteiger partial charge in [-0.25, -0.2) is 4.98 Å². The predicted octanol–water partition coefficient (Wildman–Crippen LogP) is 3.98. The maximum absolute atomic E-state index is 12.3. The van der Waals surface area contributed by atoms with Crippen molar-refractivity contribution in [2.24, 2.45) is 0 Å². The fraction of sp³-hybridized carbons (Fsp3) is 0.143. The Bertz CT molecular complexity index is 1020. The van der Waals surface area contributed by atoms with Crippen molar-refractivity contribution >= 4 is 16.3 Å². The summed E-state index contributed by atoms with van der Waals surface area (Å²) in [5.74, 6) is 0. The second-order valence-corrected chi connectivity index (χ2v) is 7.15. The van der Waals surface area contributed by atoms with Crippen LogP contribution in [0.3, 0.4) is 0 Å². The molecule has 0 saturated carbocycles. The van der Waals surface area contributed by atoms with Crippen LogP contribution in [0.4, 0.5) is 0 Å². The predicted molar refractivity (Wildman–Crippen MR) is 106 cm³/mol. The van der Waals surface area contributed by atoms with Crippen molar-refractivity contribution in [3.8, 4) is 0 Å². The molecule has 0 radical (unpaired) electrons. The Kier molecular flexibility index (Phi) is 4.65. The quantitative estimate of drug-likeness (QED) is 0.540. The minimum atomic E-state index is -0.0318. The lowest BCUT2D eigenvalue weighted by atomic mass is 9.97. The lowest BCUT2D eigenvalue weighted by Gasteiger charge is -2.28. The van der Waals surface area contributed by atoms with Crippen molar-refractivity contribution in [2.75, 3.05) is 7.05 Å². The van der Waals surface area contributed by atoms with Gasteiger partial charge in [0.25, 0.3) is 5.56 Å². The first-order valence-corrected chi connectivity index (χ1v) is 9.36. The first-order chi connectivity index (χ1) is 12.7. The Balaban J connectivity index is 1.70. The zero-order valence-electron chi connectivity index (χ0n) is 14.4. The van der Waals surface area contributed by atoms with Gasteiger partial charge in [0.05, 0.1) is 11.7 Å². The zero-order valence-corrected chi connectivity index (χ0v) is 15.3. The Labute approximate surface area is 156 Å². The lowest BCUT2D eigenvalue weighted by Crippen LogP contribution is -2.26. The van der Waals surface area contributed by atoms with Gasteiger partial charge in [0.1, 0.15) is 0 Å². The molecule has 0 spiro atoms. The summed E-state index contributed by atoms with van der Waals surface area (Å²) >= 11 is 1.48. The lowest BCUT2D eigenvalue weighted by molar-refractivity contribution is 0.267. The van der Waals surface area contributed by atoms with Gasteiger partial charge in [0.15, 0.2) is 4.96 Å². The molecule has 0 atom stereocenters. The molecule has 4 aromatic rings. The maximum atomic E-state index is 12.3. The van der Waals surface area contributed by atoms with E-state index in [2.05, 4.69) is 65.5 Å². The van der Waals surface area contributed by atoms with Crippen LogP contribution in [-0.4, -0.2) is 21.3 Å². The van der Waals surface area contributed by atoms with Crippen LogP contribution in [0.5, 0.6) is 0 Å². The average Bonchev–Trinajstić information content (AvgIpc) is 3.13. The minimum absolute atomic E-state index is 0.0318. The third-order valence-corrected chi connectivity index (χ3v) is 5.20. The molecule has 0 fully saturated rings. The number of hydrogen-bond donors (Lipinski definition) is 0. The van der Waals surface area contributed by atoms with Crippen LogP contribution in [0.2, 0.25) is 0 Å². The van der Waals surface area contributed by atoms with Gasteiger partial charge in [-0.15, -0.1) is 11.3 Å². The van der Waals surface area contributed by atoms with Crippen LogP contribution >= 0.6 is 11.3 Å². The summed E-state index contributed by atoms with van der Waals surface area (Å²) in [4.78, 5) is 19.9. The van der Waals surface area contributed by atoms with Crippen molar-refractivity contribution in [1.82, 2.24) is 14.3 Å². The third-order valence-electron chi connectivity index (χ3n) is 4.44. The van der Waals surface area contributed by atoms with E-state index in [0.717, 1.165) is 10.7 Å². The van der Waals surface area contributed by atoms with Crippen molar-refractivity contribution in [3.05, 3.63) is 105 Å². The van der Waals surface area contributed by atoms with Crippen LogP contribution < -0.4 is 5.56 Å². The molecule has 0 N–H and O–H groups in total. The Hall–Kier alpha value is -2.76. The molecule has 4 nitrogen and oxygen atoms in total. The molecule has 0 amide bonds. The highest BCUT2D eigenvalue weighted by Gasteiger charge is 2.20. The standard InChI is InChI=1S/C21H19N3OS/c1-23(15-18-14-19(25)24-12-13-26-21(24)22-18)20(16-8-4-2-5-9-16)17-10-6-3-7-11-17/h2-14,20H,15H2,1H3. The Morgan fingerprint density at radius 1 is 1.04 bits per heavy atom. The summed E-state index contributed by atoms with van der Waals surface area (Å²) in [6.07, 6.45) is 1.76. The van der Waals surface area contributed by atoms with E-state index < -0.39 is 0 Å². The molecule has 0 saturated heterocycles. The van der Waals surface area contributed by atoms with E-state index in [-0.39, 0.29) is 11.6 Å². The molecule has 4 rings (SSSR count). The van der Waals surface area contributed by atoms with Crippen molar-refractivity contribution in [3.63, 3.8) is 0 Å². The number of benzene rings is 2. The van der Waals surface area contributed by atoms with Gasteiger partial charge in [-0.05, 0) is 18.2 Å². The summed E-state index contributed by atoms with van der Waals surface area (Å²) in [5, 5.41) is 1.88. The Morgan fingerprint density at radius 2 is 1.65 bits per heavy atom. The van der Waals surface area contributed by atoms with Gasteiger partial charge in [-0.1, -0.05) is 60.7 Å². The van der Waals surface area contributed by atoms with Crippen LogP contribution in [0, 0.1) is 0 Å². The molecule has 0 unspecified atom stereocenters. The molecule has 2 heterocycles. The van der Waals surface area contributed by atoms with E-state index in [1.807, 2.05) is 17.5 Å². The zero-order chi connectivity index (χ0) is 17.9. The first kappa shape index (κ1) is 16.7. The minimum Gasteiger partial charge on any atom is -0.290 e. The summed E-state index contributed by atoms with van der Waals surface area (Å²) in [6.45, 7) is 0.595. The number of nitrogens with zero attached hydrogens (tertiary/aromatic N) is 3. The van der Waals surface area contributed by atoms with Crippen LogP contribution in [0.25, 0.3) is 4.96 Å².